The normalized spacial score (nSPS) is 31.1. The minimum absolute atomic E-state index is 0.0191. The third kappa shape index (κ3) is 2.51. The van der Waals surface area contributed by atoms with Gasteiger partial charge >= 0.3 is 5.97 Å². The van der Waals surface area contributed by atoms with Gasteiger partial charge in [-0.1, -0.05) is 30.3 Å². The van der Waals surface area contributed by atoms with Crippen LogP contribution in [0.2, 0.25) is 0 Å². The molecule has 1 aromatic carbocycles. The van der Waals surface area contributed by atoms with Crippen LogP contribution < -0.4 is 0 Å². The van der Waals surface area contributed by atoms with E-state index in [1.807, 2.05) is 30.0 Å². The standard InChI is InChI=1S/C15H19NO2S/c17-14(18)13-9-16(8-12-4-2-1-3-5-12)10-15(13)6-7-19-11-15/h1-5,13H,6-11H2,(H,17,18). The van der Waals surface area contributed by atoms with Crippen molar-refractivity contribution in [1.82, 2.24) is 4.90 Å². The molecule has 102 valence electrons. The summed E-state index contributed by atoms with van der Waals surface area (Å²) >= 11 is 1.91. The molecule has 2 aliphatic rings. The molecule has 2 unspecified atom stereocenters. The highest BCUT2D eigenvalue weighted by atomic mass is 32.2. The van der Waals surface area contributed by atoms with Gasteiger partial charge in [-0.3, -0.25) is 9.69 Å². The number of thioether (sulfide) groups is 1. The van der Waals surface area contributed by atoms with Crippen molar-refractivity contribution < 1.29 is 9.90 Å². The second kappa shape index (κ2) is 5.17. The summed E-state index contributed by atoms with van der Waals surface area (Å²) in [4.78, 5) is 13.8. The fourth-order valence-electron chi connectivity index (χ4n) is 3.40. The van der Waals surface area contributed by atoms with Crippen LogP contribution in [0.25, 0.3) is 0 Å². The number of aliphatic carboxylic acids is 1. The molecule has 0 amide bonds. The number of hydrogen-bond donors (Lipinski definition) is 1. The van der Waals surface area contributed by atoms with E-state index in [-0.39, 0.29) is 11.3 Å². The average Bonchev–Trinajstić information content (AvgIpc) is 2.99. The number of hydrogen-bond acceptors (Lipinski definition) is 3. The fourth-order valence-corrected chi connectivity index (χ4v) is 4.94. The van der Waals surface area contributed by atoms with Crippen LogP contribution in [0, 0.1) is 11.3 Å². The molecule has 1 aromatic rings. The lowest BCUT2D eigenvalue weighted by molar-refractivity contribution is -0.144. The van der Waals surface area contributed by atoms with E-state index in [1.165, 1.54) is 5.56 Å². The van der Waals surface area contributed by atoms with Crippen LogP contribution in [0.3, 0.4) is 0 Å². The predicted octanol–water partition coefficient (Wildman–Crippen LogP) is 2.33. The summed E-state index contributed by atoms with van der Waals surface area (Å²) in [7, 11) is 0. The Hall–Kier alpha value is -1.00. The Balaban J connectivity index is 1.74. The molecule has 1 N–H and O–H groups in total. The SMILES string of the molecule is O=C(O)C1CN(Cc2ccccc2)CC12CCSC2. The van der Waals surface area contributed by atoms with Crippen LogP contribution in [0.4, 0.5) is 0 Å². The number of likely N-dealkylation sites (tertiary alicyclic amines) is 1. The lowest BCUT2D eigenvalue weighted by Crippen LogP contribution is -2.34. The zero-order valence-electron chi connectivity index (χ0n) is 10.9. The Labute approximate surface area is 118 Å². The first-order valence-corrected chi connectivity index (χ1v) is 7.92. The van der Waals surface area contributed by atoms with Gasteiger partial charge in [-0.25, -0.2) is 0 Å². The summed E-state index contributed by atoms with van der Waals surface area (Å²) in [5.74, 6) is 1.32. The molecule has 0 saturated carbocycles. The second-order valence-corrected chi connectivity index (χ2v) is 6.82. The molecular weight excluding hydrogens is 258 g/mol. The van der Waals surface area contributed by atoms with E-state index < -0.39 is 5.97 Å². The summed E-state index contributed by atoms with van der Waals surface area (Å²) in [5.41, 5.74) is 1.29. The van der Waals surface area contributed by atoms with Crippen molar-refractivity contribution in [3.63, 3.8) is 0 Å². The first kappa shape index (κ1) is 13.0. The Morgan fingerprint density at radius 3 is 2.84 bits per heavy atom. The number of benzene rings is 1. The van der Waals surface area contributed by atoms with Crippen LogP contribution in [0.1, 0.15) is 12.0 Å². The third-order valence-corrected chi connectivity index (χ3v) is 5.67. The monoisotopic (exact) mass is 277 g/mol. The topological polar surface area (TPSA) is 40.5 Å². The van der Waals surface area contributed by atoms with Gasteiger partial charge in [0.2, 0.25) is 0 Å². The highest BCUT2D eigenvalue weighted by molar-refractivity contribution is 7.99. The maximum Gasteiger partial charge on any atom is 0.308 e. The molecule has 0 aromatic heterocycles. The van der Waals surface area contributed by atoms with Gasteiger partial charge in [0, 0.05) is 30.8 Å². The fraction of sp³-hybridized carbons (Fsp3) is 0.533. The van der Waals surface area contributed by atoms with E-state index >= 15 is 0 Å². The van der Waals surface area contributed by atoms with Crippen molar-refractivity contribution in [2.45, 2.75) is 13.0 Å². The van der Waals surface area contributed by atoms with Gasteiger partial charge in [0.15, 0.2) is 0 Å². The average molecular weight is 277 g/mol. The van der Waals surface area contributed by atoms with E-state index in [9.17, 15) is 9.90 Å². The molecule has 19 heavy (non-hydrogen) atoms. The number of carboxylic acid groups (broad SMARTS) is 1. The van der Waals surface area contributed by atoms with Gasteiger partial charge in [-0.2, -0.15) is 11.8 Å². The summed E-state index contributed by atoms with van der Waals surface area (Å²) in [6.45, 7) is 2.51. The van der Waals surface area contributed by atoms with E-state index in [2.05, 4.69) is 17.0 Å². The van der Waals surface area contributed by atoms with Crippen molar-refractivity contribution in [3.05, 3.63) is 35.9 Å². The van der Waals surface area contributed by atoms with Crippen LogP contribution in [-0.4, -0.2) is 40.6 Å². The molecule has 0 radical (unpaired) electrons. The molecule has 2 aliphatic heterocycles. The van der Waals surface area contributed by atoms with Gasteiger partial charge in [-0.15, -0.1) is 0 Å². The molecular formula is C15H19NO2S. The largest absolute Gasteiger partial charge is 0.481 e. The zero-order valence-corrected chi connectivity index (χ0v) is 11.7. The highest BCUT2D eigenvalue weighted by Crippen LogP contribution is 2.47. The van der Waals surface area contributed by atoms with Gasteiger partial charge in [-0.05, 0) is 17.7 Å². The van der Waals surface area contributed by atoms with Crippen LogP contribution in [0.5, 0.6) is 0 Å². The van der Waals surface area contributed by atoms with Gasteiger partial charge in [0.05, 0.1) is 5.92 Å². The van der Waals surface area contributed by atoms with Crippen molar-refractivity contribution >= 4 is 17.7 Å². The summed E-state index contributed by atoms with van der Waals surface area (Å²) in [6, 6.07) is 10.3. The Morgan fingerprint density at radius 1 is 1.42 bits per heavy atom. The number of rotatable bonds is 3. The number of carbonyl (C=O) groups is 1. The molecule has 2 fully saturated rings. The van der Waals surface area contributed by atoms with Gasteiger partial charge in [0.1, 0.15) is 0 Å². The molecule has 2 saturated heterocycles. The van der Waals surface area contributed by atoms with Gasteiger partial charge in [0.25, 0.3) is 0 Å². The molecule has 0 aliphatic carbocycles. The maximum absolute atomic E-state index is 11.5. The van der Waals surface area contributed by atoms with E-state index in [0.29, 0.717) is 6.54 Å². The van der Waals surface area contributed by atoms with Crippen molar-refractivity contribution in [2.24, 2.45) is 11.3 Å². The number of nitrogens with zero attached hydrogens (tertiary/aromatic N) is 1. The van der Waals surface area contributed by atoms with Crippen molar-refractivity contribution in [3.8, 4) is 0 Å². The smallest absolute Gasteiger partial charge is 0.308 e. The minimum Gasteiger partial charge on any atom is -0.481 e. The van der Waals surface area contributed by atoms with Crippen LogP contribution in [-0.2, 0) is 11.3 Å². The van der Waals surface area contributed by atoms with E-state index in [4.69, 9.17) is 0 Å². The molecule has 1 spiro atoms. The highest BCUT2D eigenvalue weighted by Gasteiger charge is 2.51. The maximum atomic E-state index is 11.5. The molecule has 2 atom stereocenters. The predicted molar refractivity (Wildman–Crippen MR) is 77.2 cm³/mol. The van der Waals surface area contributed by atoms with E-state index in [0.717, 1.165) is 31.0 Å². The summed E-state index contributed by atoms with van der Waals surface area (Å²) in [5, 5.41) is 9.49. The molecule has 0 bridgehead atoms. The van der Waals surface area contributed by atoms with Crippen LogP contribution in [0.15, 0.2) is 30.3 Å². The quantitative estimate of drug-likeness (QED) is 0.920. The second-order valence-electron chi connectivity index (χ2n) is 5.71. The van der Waals surface area contributed by atoms with Crippen molar-refractivity contribution in [1.29, 1.82) is 0 Å². The first-order valence-electron chi connectivity index (χ1n) is 6.76. The molecule has 3 rings (SSSR count). The Morgan fingerprint density at radius 2 is 2.21 bits per heavy atom. The summed E-state index contributed by atoms with van der Waals surface area (Å²) in [6.07, 6.45) is 1.06. The lowest BCUT2D eigenvalue weighted by Gasteiger charge is -2.26. The van der Waals surface area contributed by atoms with E-state index in [1.54, 1.807) is 0 Å². The van der Waals surface area contributed by atoms with Crippen LogP contribution >= 0.6 is 11.8 Å². The lowest BCUT2D eigenvalue weighted by atomic mass is 9.78. The Bertz CT molecular complexity index is 456. The molecule has 4 heteroatoms. The first-order chi connectivity index (χ1) is 9.20. The summed E-state index contributed by atoms with van der Waals surface area (Å²) < 4.78 is 0. The zero-order chi connectivity index (χ0) is 13.3. The molecule has 2 heterocycles. The Kier molecular flexibility index (Phi) is 3.54. The third-order valence-electron chi connectivity index (χ3n) is 4.40. The van der Waals surface area contributed by atoms with Crippen molar-refractivity contribution in [2.75, 3.05) is 24.6 Å². The number of carboxylic acids is 1. The molecule has 3 nitrogen and oxygen atoms in total. The van der Waals surface area contributed by atoms with Gasteiger partial charge < -0.3 is 5.11 Å². The minimum atomic E-state index is -0.613.